The van der Waals surface area contributed by atoms with Gasteiger partial charge >= 0.3 is 0 Å². The number of rotatable bonds is 3. The quantitative estimate of drug-likeness (QED) is 0.913. The molecule has 106 valence electrons. The average molecular weight is 290 g/mol. The van der Waals surface area contributed by atoms with Gasteiger partial charge in [-0.25, -0.2) is 17.2 Å². The van der Waals surface area contributed by atoms with Crippen molar-refractivity contribution >= 4 is 10.0 Å². The van der Waals surface area contributed by atoms with Gasteiger partial charge in [0, 0.05) is 18.6 Å². The van der Waals surface area contributed by atoms with E-state index in [9.17, 15) is 17.2 Å². The molecule has 1 aromatic carbocycles. The molecule has 19 heavy (non-hydrogen) atoms. The van der Waals surface area contributed by atoms with E-state index in [1.165, 1.54) is 0 Å². The van der Waals surface area contributed by atoms with E-state index in [1.54, 1.807) is 0 Å². The normalized spacial score (nSPS) is 19.5. The van der Waals surface area contributed by atoms with Gasteiger partial charge in [-0.2, -0.15) is 4.31 Å². The van der Waals surface area contributed by atoms with Gasteiger partial charge in [-0.05, 0) is 24.1 Å². The lowest BCUT2D eigenvalue weighted by Gasteiger charge is -2.49. The maximum atomic E-state index is 13.5. The van der Waals surface area contributed by atoms with Crippen molar-refractivity contribution in [3.63, 3.8) is 0 Å². The number of nitrogens with zero attached hydrogens (tertiary/aromatic N) is 1. The Morgan fingerprint density at radius 1 is 1.32 bits per heavy atom. The fourth-order valence-electron chi connectivity index (χ4n) is 1.96. The SMILES string of the molecule is CC(C)C1(N)CN(S(=O)(=O)c2cc(F)ccc2F)C1. The van der Waals surface area contributed by atoms with Gasteiger partial charge in [-0.15, -0.1) is 0 Å². The predicted octanol–water partition coefficient (Wildman–Crippen LogP) is 1.32. The monoisotopic (exact) mass is 290 g/mol. The third-order valence-electron chi connectivity index (χ3n) is 3.60. The van der Waals surface area contributed by atoms with Crippen LogP contribution >= 0.6 is 0 Å². The molecule has 1 heterocycles. The Morgan fingerprint density at radius 3 is 2.42 bits per heavy atom. The number of sulfonamides is 1. The zero-order valence-corrected chi connectivity index (χ0v) is 11.5. The average Bonchev–Trinajstić information content (AvgIpc) is 2.27. The maximum absolute atomic E-state index is 13.5. The molecule has 4 nitrogen and oxygen atoms in total. The first-order valence-electron chi connectivity index (χ1n) is 5.91. The lowest BCUT2D eigenvalue weighted by molar-refractivity contribution is 0.110. The summed E-state index contributed by atoms with van der Waals surface area (Å²) in [4.78, 5) is -0.640. The molecule has 1 aliphatic rings. The molecule has 0 spiro atoms. The molecule has 0 aliphatic carbocycles. The van der Waals surface area contributed by atoms with Crippen molar-refractivity contribution in [3.05, 3.63) is 29.8 Å². The van der Waals surface area contributed by atoms with E-state index < -0.39 is 32.1 Å². The number of halogens is 2. The summed E-state index contributed by atoms with van der Waals surface area (Å²) in [5, 5.41) is 0. The summed E-state index contributed by atoms with van der Waals surface area (Å²) in [6.07, 6.45) is 0. The lowest BCUT2D eigenvalue weighted by Crippen LogP contribution is -2.70. The molecular formula is C12H16F2N2O2S. The van der Waals surface area contributed by atoms with Crippen molar-refractivity contribution < 1.29 is 17.2 Å². The molecule has 0 aromatic heterocycles. The molecule has 0 atom stereocenters. The minimum Gasteiger partial charge on any atom is -0.323 e. The summed E-state index contributed by atoms with van der Waals surface area (Å²) >= 11 is 0. The lowest BCUT2D eigenvalue weighted by atomic mass is 9.82. The van der Waals surface area contributed by atoms with Crippen LogP contribution in [-0.2, 0) is 10.0 Å². The largest absolute Gasteiger partial charge is 0.323 e. The summed E-state index contributed by atoms with van der Waals surface area (Å²) in [5.74, 6) is -1.64. The van der Waals surface area contributed by atoms with Crippen LogP contribution in [0.4, 0.5) is 8.78 Å². The van der Waals surface area contributed by atoms with Crippen molar-refractivity contribution in [2.75, 3.05) is 13.1 Å². The van der Waals surface area contributed by atoms with E-state index in [0.29, 0.717) is 6.07 Å². The van der Waals surface area contributed by atoms with E-state index in [2.05, 4.69) is 0 Å². The molecule has 1 aromatic rings. The smallest absolute Gasteiger partial charge is 0.246 e. The Morgan fingerprint density at radius 2 is 1.89 bits per heavy atom. The molecule has 2 rings (SSSR count). The van der Waals surface area contributed by atoms with Gasteiger partial charge in [0.15, 0.2) is 0 Å². The molecule has 1 fully saturated rings. The highest BCUT2D eigenvalue weighted by atomic mass is 32.2. The van der Waals surface area contributed by atoms with Gasteiger partial charge in [0.05, 0.1) is 0 Å². The summed E-state index contributed by atoms with van der Waals surface area (Å²) in [5.41, 5.74) is 5.40. The summed E-state index contributed by atoms with van der Waals surface area (Å²) in [6.45, 7) is 4.02. The van der Waals surface area contributed by atoms with Crippen molar-refractivity contribution in [1.82, 2.24) is 4.31 Å². The molecule has 0 bridgehead atoms. The highest BCUT2D eigenvalue weighted by molar-refractivity contribution is 7.89. The topological polar surface area (TPSA) is 63.4 Å². The predicted molar refractivity (Wildman–Crippen MR) is 66.9 cm³/mol. The highest BCUT2D eigenvalue weighted by Crippen LogP contribution is 2.32. The van der Waals surface area contributed by atoms with Gasteiger partial charge in [0.25, 0.3) is 0 Å². The molecule has 1 saturated heterocycles. The zero-order chi connectivity index (χ0) is 14.4. The van der Waals surface area contributed by atoms with Crippen molar-refractivity contribution in [2.45, 2.75) is 24.3 Å². The van der Waals surface area contributed by atoms with Crippen LogP contribution in [0.2, 0.25) is 0 Å². The Kier molecular flexibility index (Phi) is 3.40. The summed E-state index contributed by atoms with van der Waals surface area (Å²) < 4.78 is 52.0. The Bertz CT molecular complexity index is 596. The second-order valence-corrected chi connectivity index (χ2v) is 7.14. The van der Waals surface area contributed by atoms with Gasteiger partial charge in [-0.3, -0.25) is 0 Å². The molecule has 0 amide bonds. The van der Waals surface area contributed by atoms with Gasteiger partial charge in [0.1, 0.15) is 16.5 Å². The molecule has 0 saturated carbocycles. The van der Waals surface area contributed by atoms with Crippen LogP contribution in [0.15, 0.2) is 23.1 Å². The van der Waals surface area contributed by atoms with Crippen LogP contribution < -0.4 is 5.73 Å². The van der Waals surface area contributed by atoms with Crippen LogP contribution in [0.1, 0.15) is 13.8 Å². The van der Waals surface area contributed by atoms with E-state index in [0.717, 1.165) is 16.4 Å². The van der Waals surface area contributed by atoms with E-state index >= 15 is 0 Å². The molecule has 2 N–H and O–H groups in total. The second kappa shape index (κ2) is 4.50. The van der Waals surface area contributed by atoms with Crippen molar-refractivity contribution in [2.24, 2.45) is 11.7 Å². The van der Waals surface area contributed by atoms with Gasteiger partial charge in [-0.1, -0.05) is 13.8 Å². The Balaban J connectivity index is 2.29. The minimum absolute atomic E-state index is 0.108. The first-order chi connectivity index (χ1) is 8.67. The minimum atomic E-state index is -4.02. The van der Waals surface area contributed by atoms with Gasteiger partial charge < -0.3 is 5.73 Å². The van der Waals surface area contributed by atoms with Crippen molar-refractivity contribution in [1.29, 1.82) is 0 Å². The van der Waals surface area contributed by atoms with Crippen LogP contribution in [0.3, 0.4) is 0 Å². The number of nitrogens with two attached hydrogens (primary N) is 1. The molecule has 1 aliphatic heterocycles. The van der Waals surface area contributed by atoms with Crippen LogP contribution in [0, 0.1) is 17.6 Å². The van der Waals surface area contributed by atoms with E-state index in [4.69, 9.17) is 5.73 Å². The van der Waals surface area contributed by atoms with Gasteiger partial charge in [0.2, 0.25) is 10.0 Å². The van der Waals surface area contributed by atoms with E-state index in [1.807, 2.05) is 13.8 Å². The standard InChI is InChI=1S/C12H16F2N2O2S/c1-8(2)12(15)6-16(7-12)19(17,18)11-5-9(13)3-4-10(11)14/h3-5,8H,6-7,15H2,1-2H3. The van der Waals surface area contributed by atoms with Crippen LogP contribution in [0.25, 0.3) is 0 Å². The summed E-state index contributed by atoms with van der Waals surface area (Å²) in [6, 6.07) is 2.38. The Hall–Kier alpha value is -1.05. The van der Waals surface area contributed by atoms with Crippen LogP contribution in [0.5, 0.6) is 0 Å². The van der Waals surface area contributed by atoms with Crippen molar-refractivity contribution in [3.8, 4) is 0 Å². The third kappa shape index (κ3) is 2.37. The first-order valence-corrected chi connectivity index (χ1v) is 7.35. The Labute approximate surface area is 111 Å². The summed E-state index contributed by atoms with van der Waals surface area (Å²) in [7, 11) is -4.02. The second-order valence-electron chi connectivity index (χ2n) is 5.24. The number of hydrogen-bond donors (Lipinski definition) is 1. The molecule has 0 radical (unpaired) electrons. The fourth-order valence-corrected chi connectivity index (χ4v) is 3.63. The maximum Gasteiger partial charge on any atom is 0.246 e. The number of benzene rings is 1. The molecule has 0 unspecified atom stereocenters. The zero-order valence-electron chi connectivity index (χ0n) is 10.7. The highest BCUT2D eigenvalue weighted by Gasteiger charge is 2.48. The fraction of sp³-hybridized carbons (Fsp3) is 0.500. The number of hydrogen-bond acceptors (Lipinski definition) is 3. The van der Waals surface area contributed by atoms with E-state index in [-0.39, 0.29) is 19.0 Å². The molecule has 7 heteroatoms. The third-order valence-corrected chi connectivity index (χ3v) is 5.41. The molecular weight excluding hydrogens is 274 g/mol. The van der Waals surface area contributed by atoms with Crippen LogP contribution in [-0.4, -0.2) is 31.4 Å². The first kappa shape index (κ1) is 14.4.